The average Bonchev–Trinajstić information content (AvgIpc) is 2.86. The van der Waals surface area contributed by atoms with Crippen molar-refractivity contribution in [2.45, 2.75) is 23.9 Å². The first-order valence-electron chi connectivity index (χ1n) is 6.14. The summed E-state index contributed by atoms with van der Waals surface area (Å²) < 4.78 is 20.0. The van der Waals surface area contributed by atoms with E-state index in [4.69, 9.17) is 16.3 Å². The third-order valence-electron chi connectivity index (χ3n) is 2.70. The largest absolute Gasteiger partial charge is 0.385 e. The number of hydrogen-bond acceptors (Lipinski definition) is 4. The van der Waals surface area contributed by atoms with E-state index in [9.17, 15) is 4.39 Å². The Kier molecular flexibility index (Phi) is 5.82. The van der Waals surface area contributed by atoms with E-state index in [1.165, 1.54) is 23.9 Å². The Morgan fingerprint density at radius 1 is 1.45 bits per heavy atom. The molecular formula is C13H15ClFN3OS. The van der Waals surface area contributed by atoms with E-state index in [0.29, 0.717) is 17.4 Å². The number of hydrogen-bond donors (Lipinski definition) is 0. The number of benzene rings is 1. The number of halogens is 2. The molecule has 0 fully saturated rings. The molecule has 0 saturated heterocycles. The van der Waals surface area contributed by atoms with Crippen LogP contribution >= 0.6 is 23.4 Å². The summed E-state index contributed by atoms with van der Waals surface area (Å²) in [5.74, 6) is 0.300. The summed E-state index contributed by atoms with van der Waals surface area (Å²) in [6, 6.07) is 4.42. The van der Waals surface area contributed by atoms with Crippen LogP contribution in [0.25, 0.3) is 0 Å². The average molecular weight is 316 g/mol. The summed E-state index contributed by atoms with van der Waals surface area (Å²) in [5, 5.41) is 9.24. The monoisotopic (exact) mass is 315 g/mol. The fourth-order valence-electron chi connectivity index (χ4n) is 1.67. The van der Waals surface area contributed by atoms with Crippen molar-refractivity contribution < 1.29 is 9.13 Å². The Morgan fingerprint density at radius 3 is 3.05 bits per heavy atom. The smallest absolute Gasteiger partial charge is 0.191 e. The van der Waals surface area contributed by atoms with Gasteiger partial charge < -0.3 is 9.30 Å². The van der Waals surface area contributed by atoms with Crippen LogP contribution in [0.4, 0.5) is 4.39 Å². The van der Waals surface area contributed by atoms with Crippen molar-refractivity contribution in [3.05, 3.63) is 40.9 Å². The van der Waals surface area contributed by atoms with Crippen molar-refractivity contribution in [3.8, 4) is 0 Å². The third-order valence-corrected chi connectivity index (χ3v) is 4.08. The molecular weight excluding hydrogens is 301 g/mol. The molecule has 0 aliphatic heterocycles. The number of thioether (sulfide) groups is 1. The first-order valence-corrected chi connectivity index (χ1v) is 7.50. The van der Waals surface area contributed by atoms with Crippen molar-refractivity contribution in [3.63, 3.8) is 0 Å². The van der Waals surface area contributed by atoms with Gasteiger partial charge in [-0.1, -0.05) is 29.4 Å². The van der Waals surface area contributed by atoms with Crippen LogP contribution in [0.2, 0.25) is 5.02 Å². The van der Waals surface area contributed by atoms with Crippen LogP contribution in [0.5, 0.6) is 0 Å². The van der Waals surface area contributed by atoms with E-state index in [-0.39, 0.29) is 5.82 Å². The van der Waals surface area contributed by atoms with Gasteiger partial charge in [0.1, 0.15) is 12.1 Å². The molecule has 1 aromatic heterocycles. The maximum Gasteiger partial charge on any atom is 0.191 e. The summed E-state index contributed by atoms with van der Waals surface area (Å²) in [6.45, 7) is 1.51. The van der Waals surface area contributed by atoms with E-state index < -0.39 is 0 Å². The summed E-state index contributed by atoms with van der Waals surface area (Å²) in [7, 11) is 1.68. The quantitative estimate of drug-likeness (QED) is 0.580. The Hall–Kier alpha value is -1.11. The maximum absolute atomic E-state index is 13.0. The predicted molar refractivity (Wildman–Crippen MR) is 77.5 cm³/mol. The standard InChI is InChI=1S/C13H15ClFN3OS/c1-19-6-2-5-18-9-16-17-13(18)20-8-10-3-4-11(15)7-12(10)14/h3-4,7,9H,2,5-6,8H2,1H3. The Labute approximate surface area is 126 Å². The topological polar surface area (TPSA) is 39.9 Å². The van der Waals surface area contributed by atoms with Crippen molar-refractivity contribution in [2.75, 3.05) is 13.7 Å². The normalized spacial score (nSPS) is 10.9. The van der Waals surface area contributed by atoms with Crippen molar-refractivity contribution in [1.29, 1.82) is 0 Å². The van der Waals surface area contributed by atoms with E-state index in [1.807, 2.05) is 4.57 Å². The van der Waals surface area contributed by atoms with Crippen LogP contribution in [0, 0.1) is 5.82 Å². The zero-order valence-electron chi connectivity index (χ0n) is 11.1. The molecule has 0 spiro atoms. The molecule has 0 aliphatic rings. The van der Waals surface area contributed by atoms with Crippen LogP contribution in [0.1, 0.15) is 12.0 Å². The summed E-state index contributed by atoms with van der Waals surface area (Å²) in [5.41, 5.74) is 0.879. The molecule has 0 atom stereocenters. The molecule has 1 heterocycles. The van der Waals surface area contributed by atoms with Gasteiger partial charge in [0.25, 0.3) is 0 Å². The van der Waals surface area contributed by atoms with Gasteiger partial charge in [0.05, 0.1) is 0 Å². The van der Waals surface area contributed by atoms with Gasteiger partial charge in [0.15, 0.2) is 5.16 Å². The lowest BCUT2D eigenvalue weighted by Gasteiger charge is -2.07. The molecule has 7 heteroatoms. The van der Waals surface area contributed by atoms with Gasteiger partial charge in [-0.15, -0.1) is 10.2 Å². The number of aryl methyl sites for hydroxylation is 1. The number of aromatic nitrogens is 3. The first-order chi connectivity index (χ1) is 9.70. The molecule has 0 amide bonds. The van der Waals surface area contributed by atoms with Crippen LogP contribution in [0.3, 0.4) is 0 Å². The molecule has 108 valence electrons. The van der Waals surface area contributed by atoms with Gasteiger partial charge in [0, 0.05) is 31.0 Å². The van der Waals surface area contributed by atoms with Gasteiger partial charge in [-0.05, 0) is 24.1 Å². The van der Waals surface area contributed by atoms with Crippen molar-refractivity contribution >= 4 is 23.4 Å². The summed E-state index contributed by atoms with van der Waals surface area (Å²) in [4.78, 5) is 0. The summed E-state index contributed by atoms with van der Waals surface area (Å²) >= 11 is 7.53. The number of ether oxygens (including phenoxy) is 1. The lowest BCUT2D eigenvalue weighted by atomic mass is 10.2. The molecule has 4 nitrogen and oxygen atoms in total. The van der Waals surface area contributed by atoms with E-state index >= 15 is 0 Å². The second kappa shape index (κ2) is 7.61. The van der Waals surface area contributed by atoms with Crippen molar-refractivity contribution in [1.82, 2.24) is 14.8 Å². The number of methoxy groups -OCH3 is 1. The maximum atomic E-state index is 13.0. The van der Waals surface area contributed by atoms with Crippen LogP contribution in [0.15, 0.2) is 29.7 Å². The van der Waals surface area contributed by atoms with Gasteiger partial charge in [0.2, 0.25) is 0 Å². The highest BCUT2D eigenvalue weighted by molar-refractivity contribution is 7.98. The zero-order chi connectivity index (χ0) is 14.4. The molecule has 20 heavy (non-hydrogen) atoms. The summed E-state index contributed by atoms with van der Waals surface area (Å²) in [6.07, 6.45) is 2.60. The molecule has 0 bridgehead atoms. The fourth-order valence-corrected chi connectivity index (χ4v) is 2.93. The highest BCUT2D eigenvalue weighted by atomic mass is 35.5. The highest BCUT2D eigenvalue weighted by Crippen LogP contribution is 2.26. The third kappa shape index (κ3) is 4.19. The number of nitrogens with zero attached hydrogens (tertiary/aromatic N) is 3. The minimum atomic E-state index is -0.327. The molecule has 0 unspecified atom stereocenters. The SMILES string of the molecule is COCCCn1cnnc1SCc1ccc(F)cc1Cl. The lowest BCUT2D eigenvalue weighted by Crippen LogP contribution is -2.02. The lowest BCUT2D eigenvalue weighted by molar-refractivity contribution is 0.189. The van der Waals surface area contributed by atoms with E-state index in [0.717, 1.165) is 23.7 Å². The zero-order valence-corrected chi connectivity index (χ0v) is 12.6. The van der Waals surface area contributed by atoms with Crippen molar-refractivity contribution in [2.24, 2.45) is 0 Å². The van der Waals surface area contributed by atoms with Gasteiger partial charge in [-0.3, -0.25) is 0 Å². The Balaban J connectivity index is 1.95. The Bertz CT molecular complexity index is 564. The second-order valence-corrected chi connectivity index (χ2v) is 5.53. The molecule has 2 rings (SSSR count). The molecule has 0 aliphatic carbocycles. The fraction of sp³-hybridized carbons (Fsp3) is 0.385. The molecule has 0 N–H and O–H groups in total. The molecule has 1 aromatic carbocycles. The minimum absolute atomic E-state index is 0.327. The highest BCUT2D eigenvalue weighted by Gasteiger charge is 2.08. The molecule has 2 aromatic rings. The van der Waals surface area contributed by atoms with Crippen LogP contribution in [-0.2, 0) is 17.0 Å². The van der Waals surface area contributed by atoms with Crippen LogP contribution < -0.4 is 0 Å². The van der Waals surface area contributed by atoms with Crippen LogP contribution in [-0.4, -0.2) is 28.5 Å². The van der Waals surface area contributed by atoms with E-state index in [1.54, 1.807) is 19.5 Å². The van der Waals surface area contributed by atoms with Gasteiger partial charge >= 0.3 is 0 Å². The van der Waals surface area contributed by atoms with E-state index in [2.05, 4.69) is 10.2 Å². The Morgan fingerprint density at radius 2 is 2.30 bits per heavy atom. The minimum Gasteiger partial charge on any atom is -0.385 e. The first kappa shape index (κ1) is 15.3. The predicted octanol–water partition coefficient (Wildman–Crippen LogP) is 3.40. The molecule has 0 radical (unpaired) electrons. The molecule has 0 saturated carbocycles. The van der Waals surface area contributed by atoms with Gasteiger partial charge in [-0.25, -0.2) is 4.39 Å². The second-order valence-electron chi connectivity index (χ2n) is 4.18. The number of rotatable bonds is 7. The van der Waals surface area contributed by atoms with Gasteiger partial charge in [-0.2, -0.15) is 0 Å².